The van der Waals surface area contributed by atoms with Crippen molar-refractivity contribution in [3.05, 3.63) is 29.6 Å². The minimum atomic E-state index is -3.70. The average molecular weight is 313 g/mol. The van der Waals surface area contributed by atoms with E-state index in [0.29, 0.717) is 19.5 Å². The van der Waals surface area contributed by atoms with Gasteiger partial charge in [0.2, 0.25) is 10.0 Å². The summed E-state index contributed by atoms with van der Waals surface area (Å²) in [4.78, 5) is 0.00430. The normalized spacial score (nSPS) is 11.3. The van der Waals surface area contributed by atoms with Gasteiger partial charge in [0.25, 0.3) is 0 Å². The van der Waals surface area contributed by atoms with Crippen LogP contribution < -0.4 is 0 Å². The molecule has 1 aromatic rings. The van der Waals surface area contributed by atoms with E-state index in [1.165, 1.54) is 10.4 Å². The van der Waals surface area contributed by atoms with Crippen LogP contribution in [0.3, 0.4) is 0 Å². The summed E-state index contributed by atoms with van der Waals surface area (Å²) in [6.45, 7) is 4.27. The maximum Gasteiger partial charge on any atom is 0.244 e. The molecule has 0 heterocycles. The van der Waals surface area contributed by atoms with Gasteiger partial charge in [-0.15, -0.1) is 0 Å². The van der Waals surface area contributed by atoms with Gasteiger partial charge in [0.1, 0.15) is 5.82 Å². The Kier molecular flexibility index (Phi) is 6.82. The molecule has 1 aromatic carbocycles. The van der Waals surface area contributed by atoms with E-state index in [0.717, 1.165) is 12.1 Å². The first kappa shape index (κ1) is 17.6. The standard InChI is InChI=1S/C15H20FNO3S/c1-3-10-17(4-2)21(19,20)15-9-8-14(16)12-13(15)7-5-6-11-18/h8-9,12,18H,3-4,6,10-11H2,1-2H3. The van der Waals surface area contributed by atoms with E-state index in [2.05, 4.69) is 11.8 Å². The van der Waals surface area contributed by atoms with Crippen LogP contribution in [0.25, 0.3) is 0 Å². The van der Waals surface area contributed by atoms with Crippen molar-refractivity contribution >= 4 is 10.0 Å². The minimum Gasteiger partial charge on any atom is -0.395 e. The third kappa shape index (κ3) is 4.53. The molecule has 0 saturated carbocycles. The predicted molar refractivity (Wildman–Crippen MR) is 79.7 cm³/mol. The largest absolute Gasteiger partial charge is 0.395 e. The smallest absolute Gasteiger partial charge is 0.244 e. The summed E-state index contributed by atoms with van der Waals surface area (Å²) in [7, 11) is -3.70. The highest BCUT2D eigenvalue weighted by Crippen LogP contribution is 2.21. The van der Waals surface area contributed by atoms with Crippen molar-refractivity contribution in [1.82, 2.24) is 4.31 Å². The van der Waals surface area contributed by atoms with Crippen molar-refractivity contribution in [3.63, 3.8) is 0 Å². The van der Waals surface area contributed by atoms with Crippen molar-refractivity contribution < 1.29 is 17.9 Å². The van der Waals surface area contributed by atoms with E-state index in [-0.39, 0.29) is 23.5 Å². The Balaban J connectivity index is 3.32. The zero-order valence-corrected chi connectivity index (χ0v) is 13.1. The Labute approximate surface area is 125 Å². The number of aliphatic hydroxyl groups excluding tert-OH is 1. The van der Waals surface area contributed by atoms with Gasteiger partial charge in [0.15, 0.2) is 0 Å². The Morgan fingerprint density at radius 1 is 1.33 bits per heavy atom. The fraction of sp³-hybridized carbons (Fsp3) is 0.467. The Hall–Kier alpha value is -1.42. The van der Waals surface area contributed by atoms with Crippen molar-refractivity contribution in [2.45, 2.75) is 31.6 Å². The van der Waals surface area contributed by atoms with Crippen LogP contribution in [0.15, 0.2) is 23.1 Å². The molecular weight excluding hydrogens is 293 g/mol. The number of nitrogens with zero attached hydrogens (tertiary/aromatic N) is 1. The molecule has 0 amide bonds. The van der Waals surface area contributed by atoms with E-state index in [1.807, 2.05) is 6.92 Å². The molecule has 1 rings (SSSR count). The third-order valence-corrected chi connectivity index (χ3v) is 4.88. The fourth-order valence-corrected chi connectivity index (χ4v) is 3.54. The van der Waals surface area contributed by atoms with Crippen molar-refractivity contribution in [3.8, 4) is 11.8 Å². The summed E-state index contributed by atoms with van der Waals surface area (Å²) >= 11 is 0. The molecule has 0 bridgehead atoms. The maximum atomic E-state index is 13.3. The first-order valence-electron chi connectivity index (χ1n) is 6.86. The molecule has 0 aliphatic carbocycles. The van der Waals surface area contributed by atoms with Gasteiger partial charge in [-0.3, -0.25) is 0 Å². The zero-order chi connectivity index (χ0) is 15.9. The molecule has 0 aliphatic rings. The van der Waals surface area contributed by atoms with Gasteiger partial charge in [0, 0.05) is 25.1 Å². The molecule has 116 valence electrons. The van der Waals surface area contributed by atoms with Crippen LogP contribution in [-0.4, -0.2) is 37.5 Å². The Bertz CT molecular complexity index is 632. The number of hydrogen-bond acceptors (Lipinski definition) is 3. The molecular formula is C15H20FNO3S. The van der Waals surface area contributed by atoms with Crippen molar-refractivity contribution in [1.29, 1.82) is 0 Å². The quantitative estimate of drug-likeness (QED) is 0.817. The number of aliphatic hydroxyl groups is 1. The van der Waals surface area contributed by atoms with Gasteiger partial charge in [-0.2, -0.15) is 4.31 Å². The van der Waals surface area contributed by atoms with Crippen LogP contribution in [0.4, 0.5) is 4.39 Å². The van der Waals surface area contributed by atoms with Crippen LogP contribution in [0.2, 0.25) is 0 Å². The van der Waals surface area contributed by atoms with E-state index in [1.54, 1.807) is 6.92 Å². The molecule has 0 atom stereocenters. The van der Waals surface area contributed by atoms with Crippen LogP contribution in [0, 0.1) is 17.7 Å². The van der Waals surface area contributed by atoms with Crippen molar-refractivity contribution in [2.24, 2.45) is 0 Å². The zero-order valence-electron chi connectivity index (χ0n) is 12.3. The second-order valence-corrected chi connectivity index (χ2v) is 6.32. The van der Waals surface area contributed by atoms with Crippen LogP contribution in [0.5, 0.6) is 0 Å². The molecule has 0 fully saturated rings. The predicted octanol–water partition coefficient (Wildman–Crippen LogP) is 1.98. The lowest BCUT2D eigenvalue weighted by Gasteiger charge is -2.20. The average Bonchev–Trinajstić information content (AvgIpc) is 2.44. The summed E-state index contributed by atoms with van der Waals surface area (Å²) in [6, 6.07) is 3.47. The molecule has 0 aromatic heterocycles. The number of rotatable bonds is 6. The van der Waals surface area contributed by atoms with Gasteiger partial charge < -0.3 is 5.11 Å². The summed E-state index contributed by atoms with van der Waals surface area (Å²) in [5.41, 5.74) is 0.123. The van der Waals surface area contributed by atoms with Gasteiger partial charge in [-0.25, -0.2) is 12.8 Å². The third-order valence-electron chi connectivity index (χ3n) is 2.85. The Morgan fingerprint density at radius 3 is 2.62 bits per heavy atom. The summed E-state index contributed by atoms with van der Waals surface area (Å²) in [5.74, 6) is 4.72. The summed E-state index contributed by atoms with van der Waals surface area (Å²) < 4.78 is 39.9. The van der Waals surface area contributed by atoms with Crippen LogP contribution in [0.1, 0.15) is 32.3 Å². The fourth-order valence-electron chi connectivity index (χ4n) is 1.88. The monoisotopic (exact) mass is 313 g/mol. The second-order valence-electron chi connectivity index (χ2n) is 4.41. The highest BCUT2D eigenvalue weighted by atomic mass is 32.2. The molecule has 21 heavy (non-hydrogen) atoms. The van der Waals surface area contributed by atoms with E-state index in [4.69, 9.17) is 5.11 Å². The molecule has 0 spiro atoms. The van der Waals surface area contributed by atoms with Gasteiger partial charge in [0.05, 0.1) is 11.5 Å². The first-order valence-corrected chi connectivity index (χ1v) is 8.30. The SMILES string of the molecule is CCCN(CC)S(=O)(=O)c1ccc(F)cc1C#CCCO. The highest BCUT2D eigenvalue weighted by Gasteiger charge is 2.25. The second kappa shape index (κ2) is 8.13. The molecule has 4 nitrogen and oxygen atoms in total. The van der Waals surface area contributed by atoms with E-state index in [9.17, 15) is 12.8 Å². The number of hydrogen-bond donors (Lipinski definition) is 1. The maximum absolute atomic E-state index is 13.3. The number of benzene rings is 1. The van der Waals surface area contributed by atoms with E-state index < -0.39 is 15.8 Å². The Morgan fingerprint density at radius 2 is 2.05 bits per heavy atom. The molecule has 0 unspecified atom stereocenters. The molecule has 0 aliphatic heterocycles. The van der Waals surface area contributed by atoms with Crippen LogP contribution >= 0.6 is 0 Å². The topological polar surface area (TPSA) is 57.6 Å². The molecule has 0 radical (unpaired) electrons. The lowest BCUT2D eigenvalue weighted by atomic mass is 10.2. The molecule has 0 saturated heterocycles. The lowest BCUT2D eigenvalue weighted by molar-refractivity contribution is 0.305. The number of sulfonamides is 1. The minimum absolute atomic E-state index is 0.00430. The molecule has 1 N–H and O–H groups in total. The van der Waals surface area contributed by atoms with Crippen LogP contribution in [-0.2, 0) is 10.0 Å². The number of halogens is 1. The van der Waals surface area contributed by atoms with E-state index >= 15 is 0 Å². The highest BCUT2D eigenvalue weighted by molar-refractivity contribution is 7.89. The summed E-state index contributed by atoms with van der Waals surface area (Å²) in [6.07, 6.45) is 0.905. The molecule has 6 heteroatoms. The lowest BCUT2D eigenvalue weighted by Crippen LogP contribution is -2.32. The summed E-state index contributed by atoms with van der Waals surface area (Å²) in [5, 5.41) is 8.72. The van der Waals surface area contributed by atoms with Gasteiger partial charge in [-0.05, 0) is 24.6 Å². The first-order chi connectivity index (χ1) is 9.97. The van der Waals surface area contributed by atoms with Crippen molar-refractivity contribution in [2.75, 3.05) is 19.7 Å². The van der Waals surface area contributed by atoms with Gasteiger partial charge in [-0.1, -0.05) is 25.7 Å². The van der Waals surface area contributed by atoms with Gasteiger partial charge >= 0.3 is 0 Å².